The fourth-order valence-electron chi connectivity index (χ4n) is 3.76. The summed E-state index contributed by atoms with van der Waals surface area (Å²) < 4.78 is 32.2. The summed E-state index contributed by atoms with van der Waals surface area (Å²) in [5, 5.41) is 1.67. The zero-order valence-electron chi connectivity index (χ0n) is 19.8. The minimum absolute atomic E-state index is 0.0747. The average molecular weight is 473 g/mol. The van der Waals surface area contributed by atoms with Gasteiger partial charge in [-0.2, -0.15) is 0 Å². The molecule has 2 aromatic rings. The first-order valence-electron chi connectivity index (χ1n) is 11.6. The molecule has 184 valence electrons. The average Bonchev–Trinajstić information content (AvgIpc) is 2.80. The first-order chi connectivity index (χ1) is 16.4. The fraction of sp³-hybridized carbons (Fsp3) is 0.538. The molecule has 0 spiro atoms. The molecule has 2 heterocycles. The molecule has 0 N–H and O–H groups in total. The van der Waals surface area contributed by atoms with E-state index in [9.17, 15) is 9.59 Å². The Hall–Kier alpha value is -2.52. The molecular weight excluding hydrogens is 440 g/mol. The molecule has 0 atom stereocenters. The Morgan fingerprint density at radius 2 is 1.12 bits per heavy atom. The Balaban J connectivity index is 1.20. The van der Waals surface area contributed by atoms with E-state index in [0.717, 1.165) is 10.8 Å². The highest BCUT2D eigenvalue weighted by molar-refractivity contribution is 5.99. The van der Waals surface area contributed by atoms with Gasteiger partial charge in [-0.1, -0.05) is 26.0 Å². The van der Waals surface area contributed by atoms with Crippen LogP contribution in [-0.2, 0) is 28.4 Å². The Morgan fingerprint density at radius 1 is 0.706 bits per heavy atom. The summed E-state index contributed by atoms with van der Waals surface area (Å²) in [5.74, 6) is -0.816. The van der Waals surface area contributed by atoms with Crippen LogP contribution in [0.1, 0.15) is 34.6 Å². The minimum atomic E-state index is -0.408. The van der Waals surface area contributed by atoms with Crippen LogP contribution in [0.2, 0.25) is 0 Å². The first-order valence-corrected chi connectivity index (χ1v) is 11.6. The summed E-state index contributed by atoms with van der Waals surface area (Å²) in [5.41, 5.74) is 1.05. The zero-order chi connectivity index (χ0) is 24.0. The van der Waals surface area contributed by atoms with E-state index >= 15 is 0 Å². The van der Waals surface area contributed by atoms with E-state index in [-0.39, 0.29) is 24.0 Å². The van der Waals surface area contributed by atoms with Gasteiger partial charge in [0.1, 0.15) is 13.2 Å². The van der Waals surface area contributed by atoms with E-state index in [1.165, 1.54) is 0 Å². The molecule has 34 heavy (non-hydrogen) atoms. The predicted octanol–water partition coefficient (Wildman–Crippen LogP) is 3.26. The highest BCUT2D eigenvalue weighted by atomic mass is 16.6. The highest BCUT2D eigenvalue weighted by Gasteiger charge is 2.34. The zero-order valence-corrected chi connectivity index (χ0v) is 19.8. The van der Waals surface area contributed by atoms with Crippen molar-refractivity contribution in [1.29, 1.82) is 0 Å². The number of hydrogen-bond acceptors (Lipinski definition) is 8. The van der Waals surface area contributed by atoms with Crippen molar-refractivity contribution < 1.29 is 38.0 Å². The second-order valence-electron chi connectivity index (χ2n) is 9.76. The lowest BCUT2D eigenvalue weighted by molar-refractivity contribution is -0.139. The second-order valence-corrected chi connectivity index (χ2v) is 9.76. The van der Waals surface area contributed by atoms with Gasteiger partial charge in [-0.15, -0.1) is 0 Å². The van der Waals surface area contributed by atoms with Crippen LogP contribution in [0.3, 0.4) is 0 Å². The molecule has 2 saturated heterocycles. The molecule has 2 aliphatic rings. The molecule has 0 amide bonds. The highest BCUT2D eigenvalue weighted by Crippen LogP contribution is 2.27. The summed E-state index contributed by atoms with van der Waals surface area (Å²) in [6, 6.07) is 10.5. The normalized spacial score (nSPS) is 18.1. The van der Waals surface area contributed by atoms with Gasteiger partial charge in [0.25, 0.3) is 0 Å². The molecule has 4 rings (SSSR count). The van der Waals surface area contributed by atoms with Gasteiger partial charge in [0, 0.05) is 10.8 Å². The van der Waals surface area contributed by atoms with E-state index in [0.29, 0.717) is 64.0 Å². The van der Waals surface area contributed by atoms with Crippen LogP contribution in [0.15, 0.2) is 36.4 Å². The van der Waals surface area contributed by atoms with E-state index in [1.54, 1.807) is 36.4 Å². The predicted molar refractivity (Wildman–Crippen MR) is 124 cm³/mol. The van der Waals surface area contributed by atoms with E-state index in [1.807, 2.05) is 0 Å². The number of carbonyl (C=O) groups is 2. The second kappa shape index (κ2) is 10.8. The standard InChI is InChI=1S/C26H32O8/c1-25(15-31-16-25)13-29-7-9-33-23(27)21-5-3-20-12-22(6-4-19(20)11-21)24(28)34-10-8-30-14-26(2)17-32-18-26/h3-6,11-12H,7-10,13-18H2,1-2H3. The summed E-state index contributed by atoms with van der Waals surface area (Å²) in [4.78, 5) is 24.7. The van der Waals surface area contributed by atoms with Crippen molar-refractivity contribution in [2.75, 3.05) is 66.1 Å². The summed E-state index contributed by atoms with van der Waals surface area (Å²) in [7, 11) is 0. The molecule has 8 nitrogen and oxygen atoms in total. The Morgan fingerprint density at radius 3 is 1.47 bits per heavy atom. The third kappa shape index (κ3) is 6.33. The van der Waals surface area contributed by atoms with Crippen molar-refractivity contribution in [2.45, 2.75) is 13.8 Å². The summed E-state index contributed by atoms with van der Waals surface area (Å²) >= 11 is 0. The molecule has 0 bridgehead atoms. The number of carbonyl (C=O) groups excluding carboxylic acids is 2. The maximum Gasteiger partial charge on any atom is 0.338 e. The Bertz CT molecular complexity index is 928. The van der Waals surface area contributed by atoms with Crippen molar-refractivity contribution in [3.63, 3.8) is 0 Å². The van der Waals surface area contributed by atoms with Gasteiger partial charge >= 0.3 is 11.9 Å². The topological polar surface area (TPSA) is 89.5 Å². The molecule has 0 unspecified atom stereocenters. The van der Waals surface area contributed by atoms with E-state index in [4.69, 9.17) is 28.4 Å². The number of esters is 2. The van der Waals surface area contributed by atoms with Crippen LogP contribution in [0.5, 0.6) is 0 Å². The Labute approximate surface area is 199 Å². The van der Waals surface area contributed by atoms with Crippen molar-refractivity contribution in [2.24, 2.45) is 10.8 Å². The molecule has 0 aliphatic carbocycles. The van der Waals surface area contributed by atoms with Crippen LogP contribution in [0.25, 0.3) is 10.8 Å². The van der Waals surface area contributed by atoms with Crippen molar-refractivity contribution in [3.8, 4) is 0 Å². The van der Waals surface area contributed by atoms with E-state index < -0.39 is 11.9 Å². The van der Waals surface area contributed by atoms with Gasteiger partial charge in [-0.05, 0) is 35.0 Å². The molecule has 2 fully saturated rings. The van der Waals surface area contributed by atoms with Gasteiger partial charge in [0.2, 0.25) is 0 Å². The van der Waals surface area contributed by atoms with Crippen LogP contribution in [-0.4, -0.2) is 78.0 Å². The maximum atomic E-state index is 12.4. The van der Waals surface area contributed by atoms with Crippen molar-refractivity contribution in [3.05, 3.63) is 47.5 Å². The molecule has 0 radical (unpaired) electrons. The quantitative estimate of drug-likeness (QED) is 0.344. The number of ether oxygens (including phenoxy) is 6. The van der Waals surface area contributed by atoms with Crippen LogP contribution in [0, 0.1) is 10.8 Å². The van der Waals surface area contributed by atoms with Gasteiger partial charge in [-0.3, -0.25) is 0 Å². The fourth-order valence-corrected chi connectivity index (χ4v) is 3.76. The maximum absolute atomic E-state index is 12.4. The smallest absolute Gasteiger partial charge is 0.338 e. The molecule has 2 aliphatic heterocycles. The Kier molecular flexibility index (Phi) is 7.83. The number of hydrogen-bond donors (Lipinski definition) is 0. The monoisotopic (exact) mass is 472 g/mol. The molecule has 0 aromatic heterocycles. The summed E-state index contributed by atoms with van der Waals surface area (Å²) in [6.07, 6.45) is 0. The van der Waals surface area contributed by atoms with Gasteiger partial charge in [0.05, 0.1) is 64.0 Å². The van der Waals surface area contributed by atoms with Gasteiger partial charge in [-0.25, -0.2) is 9.59 Å². The van der Waals surface area contributed by atoms with Gasteiger partial charge in [0.15, 0.2) is 0 Å². The van der Waals surface area contributed by atoms with Crippen LogP contribution in [0.4, 0.5) is 0 Å². The number of fused-ring (bicyclic) bond motifs is 1. The summed E-state index contributed by atoms with van der Waals surface area (Å²) in [6.45, 7) is 9.26. The third-order valence-electron chi connectivity index (χ3n) is 5.94. The largest absolute Gasteiger partial charge is 0.460 e. The van der Waals surface area contributed by atoms with Crippen LogP contribution >= 0.6 is 0 Å². The molecule has 8 heteroatoms. The number of rotatable bonds is 12. The lowest BCUT2D eigenvalue weighted by Gasteiger charge is -2.37. The SMILES string of the molecule is CC1(COCCOC(=O)c2ccc3cc(C(=O)OCCOCC4(C)COC4)ccc3c2)COC1. The molecule has 0 saturated carbocycles. The molecular formula is C26H32O8. The van der Waals surface area contributed by atoms with E-state index in [2.05, 4.69) is 13.8 Å². The van der Waals surface area contributed by atoms with Crippen LogP contribution < -0.4 is 0 Å². The molecule has 2 aromatic carbocycles. The van der Waals surface area contributed by atoms with Crippen molar-refractivity contribution in [1.82, 2.24) is 0 Å². The number of benzene rings is 2. The lowest BCUT2D eigenvalue weighted by Crippen LogP contribution is -2.43. The van der Waals surface area contributed by atoms with Gasteiger partial charge < -0.3 is 28.4 Å². The lowest BCUT2D eigenvalue weighted by atomic mass is 9.90. The minimum Gasteiger partial charge on any atom is -0.460 e. The third-order valence-corrected chi connectivity index (χ3v) is 5.94. The van der Waals surface area contributed by atoms with Crippen molar-refractivity contribution >= 4 is 22.7 Å². The first kappa shape index (κ1) is 24.6.